The number of hydrogen-bond donors (Lipinski definition) is 0. The maximum Gasteiger partial charge on any atom is 0 e. The molecule has 0 amide bonds. The topological polar surface area (TPSA) is 0 Å². The molecule has 0 aliphatic rings. The first-order chi connectivity index (χ1) is 1.73. The number of hydrogen-bond acceptors (Lipinski definition) is 0. The predicted octanol–water partition coefficient (Wildman–Crippen LogP) is -1.52. The van der Waals surface area contributed by atoms with E-state index in [-0.39, 0.29) is 43.5 Å². The van der Waals surface area contributed by atoms with Gasteiger partial charge in [-0.15, -0.1) is 0 Å². The molecule has 0 spiro atoms. The Balaban J connectivity index is -0.0000000450. The van der Waals surface area contributed by atoms with E-state index in [4.69, 9.17) is 0 Å². The molecule has 0 bridgehead atoms. The Bertz CT molecular complexity index is 12.3. The minimum Gasteiger partial charge on any atom is -1.00 e. The van der Waals surface area contributed by atoms with Crippen LogP contribution >= 0.6 is 0 Å². The van der Waals surface area contributed by atoms with E-state index in [9.17, 15) is 0 Å². The molecular formula is C4H9IZn-. The summed E-state index contributed by atoms with van der Waals surface area (Å²) in [6.45, 7) is 7.75. The Hall–Kier alpha value is 1.35. The smallest absolute Gasteiger partial charge is 0 e. The molecule has 0 saturated carbocycles. The fourth-order valence-corrected chi connectivity index (χ4v) is 0. The molecule has 2 heteroatoms. The second-order valence-electron chi connectivity index (χ2n) is 1.39. The van der Waals surface area contributed by atoms with Crippen molar-refractivity contribution in [2.45, 2.75) is 13.8 Å². The predicted molar refractivity (Wildman–Crippen MR) is 20.2 cm³/mol. The van der Waals surface area contributed by atoms with Gasteiger partial charge in [0.2, 0.25) is 0 Å². The average Bonchev–Trinajstić information content (AvgIpc) is 0.811. The Kier molecular flexibility index (Phi) is 25.1. The van der Waals surface area contributed by atoms with E-state index in [1.165, 1.54) is 0 Å². The molecule has 0 rings (SSSR count). The van der Waals surface area contributed by atoms with Gasteiger partial charge in [0.25, 0.3) is 0 Å². The molecule has 0 aromatic rings. The largest absolute Gasteiger partial charge is 1.00 e. The molecule has 0 N–H and O–H groups in total. The van der Waals surface area contributed by atoms with Gasteiger partial charge in [0.15, 0.2) is 0 Å². The zero-order chi connectivity index (χ0) is 3.58. The van der Waals surface area contributed by atoms with Gasteiger partial charge >= 0.3 is 0 Å². The van der Waals surface area contributed by atoms with E-state index < -0.39 is 0 Å². The third-order valence-corrected chi connectivity index (χ3v) is 0. The van der Waals surface area contributed by atoms with Crippen LogP contribution in [0.25, 0.3) is 0 Å². The molecule has 0 aliphatic heterocycles. The van der Waals surface area contributed by atoms with Crippen LogP contribution in [0, 0.1) is 12.8 Å². The van der Waals surface area contributed by atoms with Crippen molar-refractivity contribution in [1.29, 1.82) is 0 Å². The van der Waals surface area contributed by atoms with Crippen LogP contribution in [-0.4, -0.2) is 0 Å². The average molecular weight is 249 g/mol. The van der Waals surface area contributed by atoms with Gasteiger partial charge in [0, 0.05) is 19.5 Å². The summed E-state index contributed by atoms with van der Waals surface area (Å²) in [6, 6.07) is 0. The summed E-state index contributed by atoms with van der Waals surface area (Å²) < 4.78 is 0. The van der Waals surface area contributed by atoms with Gasteiger partial charge in [-0.1, -0.05) is 20.8 Å². The van der Waals surface area contributed by atoms with Crippen molar-refractivity contribution in [3.8, 4) is 0 Å². The second-order valence-corrected chi connectivity index (χ2v) is 1.39. The van der Waals surface area contributed by atoms with Crippen LogP contribution < -0.4 is 24.0 Å². The minimum absolute atomic E-state index is 0. The van der Waals surface area contributed by atoms with Crippen LogP contribution in [-0.2, 0) is 19.5 Å². The standard InChI is InChI=1S/C4H9.HI.Zn/c1-4(2)3;;/h4H,1H2,2-3H3;1H;/p-1. The summed E-state index contributed by atoms with van der Waals surface area (Å²) in [6.07, 6.45) is 0. The van der Waals surface area contributed by atoms with Crippen molar-refractivity contribution >= 4 is 0 Å². The van der Waals surface area contributed by atoms with E-state index in [0.29, 0.717) is 5.92 Å². The van der Waals surface area contributed by atoms with Gasteiger partial charge < -0.3 is 24.0 Å². The van der Waals surface area contributed by atoms with Crippen molar-refractivity contribution in [3.63, 3.8) is 0 Å². The first kappa shape index (κ1) is 15.7. The summed E-state index contributed by atoms with van der Waals surface area (Å²) in [5, 5.41) is 0. The van der Waals surface area contributed by atoms with Gasteiger partial charge in [-0.25, -0.2) is 0 Å². The van der Waals surface area contributed by atoms with Gasteiger partial charge in [-0.3, -0.25) is 0 Å². The third kappa shape index (κ3) is 55.4. The first-order valence-corrected chi connectivity index (χ1v) is 1.56. The molecule has 0 aromatic carbocycles. The molecule has 0 atom stereocenters. The van der Waals surface area contributed by atoms with E-state index >= 15 is 0 Å². The second kappa shape index (κ2) is 9.61. The minimum atomic E-state index is 0. The molecule has 35 valence electrons. The van der Waals surface area contributed by atoms with Crippen molar-refractivity contribution in [1.82, 2.24) is 0 Å². The van der Waals surface area contributed by atoms with E-state index in [0.717, 1.165) is 0 Å². The summed E-state index contributed by atoms with van der Waals surface area (Å²) >= 11 is 0. The first-order valence-electron chi connectivity index (χ1n) is 1.56. The molecule has 0 heterocycles. The molecule has 0 saturated heterocycles. The Morgan fingerprint density at radius 3 is 1.33 bits per heavy atom. The van der Waals surface area contributed by atoms with Crippen LogP contribution in [0.1, 0.15) is 13.8 Å². The normalized spacial score (nSPS) is 6.00. The van der Waals surface area contributed by atoms with Gasteiger partial charge in [0.05, 0.1) is 0 Å². The summed E-state index contributed by atoms with van der Waals surface area (Å²) in [5.41, 5.74) is 0. The summed E-state index contributed by atoms with van der Waals surface area (Å²) in [4.78, 5) is 0. The maximum absolute atomic E-state index is 3.64. The molecule has 0 nitrogen and oxygen atoms in total. The van der Waals surface area contributed by atoms with E-state index in [2.05, 4.69) is 20.8 Å². The van der Waals surface area contributed by atoms with Crippen molar-refractivity contribution < 1.29 is 43.5 Å². The number of rotatable bonds is 0. The fraction of sp³-hybridized carbons (Fsp3) is 0.750. The van der Waals surface area contributed by atoms with Crippen molar-refractivity contribution in [2.75, 3.05) is 0 Å². The quantitative estimate of drug-likeness (QED) is 0.361. The van der Waals surface area contributed by atoms with Gasteiger partial charge in [-0.2, -0.15) is 0 Å². The summed E-state index contributed by atoms with van der Waals surface area (Å²) in [5.74, 6) is 0.583. The van der Waals surface area contributed by atoms with Crippen LogP contribution in [0.5, 0.6) is 0 Å². The molecule has 1 radical (unpaired) electrons. The zero-order valence-electron chi connectivity index (χ0n) is 4.37. The molecule has 0 aromatic heterocycles. The SMILES string of the molecule is [CH2]C(C)C.[I-].[Zn]. The number of halogens is 1. The molecule has 0 unspecified atom stereocenters. The van der Waals surface area contributed by atoms with Crippen LogP contribution in [0.4, 0.5) is 0 Å². The van der Waals surface area contributed by atoms with Gasteiger partial charge in [-0.05, 0) is 5.92 Å². The Labute approximate surface area is 69.9 Å². The van der Waals surface area contributed by atoms with Gasteiger partial charge in [0.1, 0.15) is 0 Å². The molecule has 0 aliphatic carbocycles. The van der Waals surface area contributed by atoms with Crippen LogP contribution in [0.3, 0.4) is 0 Å². The molecule has 0 fully saturated rings. The fourth-order valence-electron chi connectivity index (χ4n) is 0. The van der Waals surface area contributed by atoms with E-state index in [1.807, 2.05) is 0 Å². The molecule has 6 heavy (non-hydrogen) atoms. The molecular weight excluding hydrogens is 240 g/mol. The van der Waals surface area contributed by atoms with Crippen molar-refractivity contribution in [3.05, 3.63) is 6.92 Å². The summed E-state index contributed by atoms with van der Waals surface area (Å²) in [7, 11) is 0. The Morgan fingerprint density at radius 2 is 1.33 bits per heavy atom. The monoisotopic (exact) mass is 248 g/mol. The van der Waals surface area contributed by atoms with E-state index in [1.54, 1.807) is 0 Å². The van der Waals surface area contributed by atoms with Crippen molar-refractivity contribution in [2.24, 2.45) is 5.92 Å². The zero-order valence-corrected chi connectivity index (χ0v) is 9.49. The Morgan fingerprint density at radius 1 is 1.33 bits per heavy atom. The van der Waals surface area contributed by atoms with Crippen LogP contribution in [0.15, 0.2) is 0 Å². The maximum atomic E-state index is 3.64. The third-order valence-electron chi connectivity index (χ3n) is 0. The van der Waals surface area contributed by atoms with Crippen LogP contribution in [0.2, 0.25) is 0 Å².